The fourth-order valence-corrected chi connectivity index (χ4v) is 0.959. The van der Waals surface area contributed by atoms with Crippen LogP contribution in [0.2, 0.25) is 0 Å². The molecular formula is C10H11FO3. The number of esters is 1. The van der Waals surface area contributed by atoms with E-state index in [1.807, 2.05) is 0 Å². The van der Waals surface area contributed by atoms with Crippen LogP contribution in [0, 0.1) is 5.82 Å². The molecule has 0 radical (unpaired) electrons. The summed E-state index contributed by atoms with van der Waals surface area (Å²) in [7, 11) is 1.27. The van der Waals surface area contributed by atoms with Gasteiger partial charge in [0.2, 0.25) is 0 Å². The van der Waals surface area contributed by atoms with Crippen molar-refractivity contribution in [3.05, 3.63) is 30.1 Å². The first kappa shape index (κ1) is 10.5. The number of halogens is 1. The molecule has 0 unspecified atom stereocenters. The van der Waals surface area contributed by atoms with Crippen LogP contribution in [-0.2, 0) is 9.53 Å². The lowest BCUT2D eigenvalue weighted by Gasteiger charge is -2.11. The maximum Gasteiger partial charge on any atom is 0.346 e. The van der Waals surface area contributed by atoms with E-state index in [1.54, 1.807) is 6.07 Å². The van der Waals surface area contributed by atoms with E-state index < -0.39 is 17.9 Å². The molecule has 4 heteroatoms. The third-order valence-corrected chi connectivity index (χ3v) is 1.64. The summed E-state index contributed by atoms with van der Waals surface area (Å²) >= 11 is 0. The third-order valence-electron chi connectivity index (χ3n) is 1.64. The zero-order chi connectivity index (χ0) is 10.6. The van der Waals surface area contributed by atoms with Crippen LogP contribution < -0.4 is 4.74 Å². The summed E-state index contributed by atoms with van der Waals surface area (Å²) in [5.74, 6) is -0.586. The first-order valence-electron chi connectivity index (χ1n) is 4.13. The topological polar surface area (TPSA) is 35.5 Å². The second kappa shape index (κ2) is 4.60. The lowest BCUT2D eigenvalue weighted by molar-refractivity contribution is -0.147. The molecular weight excluding hydrogens is 187 g/mol. The van der Waals surface area contributed by atoms with Crippen molar-refractivity contribution in [1.82, 2.24) is 0 Å². The Balaban J connectivity index is 2.64. The molecule has 0 saturated heterocycles. The van der Waals surface area contributed by atoms with Gasteiger partial charge in [0, 0.05) is 6.07 Å². The Morgan fingerprint density at radius 3 is 2.79 bits per heavy atom. The minimum atomic E-state index is -0.734. The quantitative estimate of drug-likeness (QED) is 0.694. The van der Waals surface area contributed by atoms with Gasteiger partial charge in [-0.2, -0.15) is 0 Å². The zero-order valence-corrected chi connectivity index (χ0v) is 7.99. The van der Waals surface area contributed by atoms with Gasteiger partial charge in [-0.05, 0) is 19.1 Å². The molecule has 0 heterocycles. The van der Waals surface area contributed by atoms with Crippen LogP contribution in [0.25, 0.3) is 0 Å². The average molecular weight is 198 g/mol. The minimum absolute atomic E-state index is 0.308. The Labute approximate surface area is 81.4 Å². The second-order valence-electron chi connectivity index (χ2n) is 2.74. The van der Waals surface area contributed by atoms with Gasteiger partial charge in [-0.1, -0.05) is 6.07 Å². The lowest BCUT2D eigenvalue weighted by atomic mass is 10.3. The number of methoxy groups -OCH3 is 1. The fraction of sp³-hybridized carbons (Fsp3) is 0.300. The van der Waals surface area contributed by atoms with E-state index in [0.717, 1.165) is 0 Å². The number of hydrogen-bond donors (Lipinski definition) is 0. The molecule has 0 saturated carbocycles. The molecule has 0 spiro atoms. The van der Waals surface area contributed by atoms with Crippen LogP contribution in [0.4, 0.5) is 4.39 Å². The van der Waals surface area contributed by atoms with Gasteiger partial charge in [0.25, 0.3) is 0 Å². The van der Waals surface area contributed by atoms with Crippen molar-refractivity contribution in [2.75, 3.05) is 7.11 Å². The smallest absolute Gasteiger partial charge is 0.346 e. The van der Waals surface area contributed by atoms with Crippen LogP contribution in [0.1, 0.15) is 6.92 Å². The summed E-state index contributed by atoms with van der Waals surface area (Å²) < 4.78 is 22.3. The number of benzene rings is 1. The number of carbonyl (C=O) groups excluding carboxylic acids is 1. The van der Waals surface area contributed by atoms with Crippen LogP contribution in [0.15, 0.2) is 24.3 Å². The van der Waals surface area contributed by atoms with E-state index in [9.17, 15) is 9.18 Å². The molecule has 1 atom stereocenters. The molecule has 3 nitrogen and oxygen atoms in total. The Morgan fingerprint density at radius 1 is 1.50 bits per heavy atom. The molecule has 1 rings (SSSR count). The lowest BCUT2D eigenvalue weighted by Crippen LogP contribution is -2.24. The Kier molecular flexibility index (Phi) is 3.45. The van der Waals surface area contributed by atoms with Crippen LogP contribution >= 0.6 is 0 Å². The first-order valence-corrected chi connectivity index (χ1v) is 4.13. The van der Waals surface area contributed by atoms with Gasteiger partial charge in [-0.3, -0.25) is 0 Å². The fourth-order valence-electron chi connectivity index (χ4n) is 0.959. The summed E-state index contributed by atoms with van der Waals surface area (Å²) in [4.78, 5) is 11.0. The van der Waals surface area contributed by atoms with E-state index in [2.05, 4.69) is 4.74 Å². The van der Waals surface area contributed by atoms with Crippen molar-refractivity contribution in [1.29, 1.82) is 0 Å². The second-order valence-corrected chi connectivity index (χ2v) is 2.74. The van der Waals surface area contributed by atoms with E-state index >= 15 is 0 Å². The van der Waals surface area contributed by atoms with Crippen LogP contribution in [0.5, 0.6) is 5.75 Å². The highest BCUT2D eigenvalue weighted by atomic mass is 19.1. The molecule has 0 bridgehead atoms. The first-order chi connectivity index (χ1) is 6.63. The predicted molar refractivity (Wildman–Crippen MR) is 48.5 cm³/mol. The van der Waals surface area contributed by atoms with Gasteiger partial charge in [0.05, 0.1) is 7.11 Å². The molecule has 14 heavy (non-hydrogen) atoms. The molecule has 76 valence electrons. The summed E-state index contributed by atoms with van der Waals surface area (Å²) in [6.45, 7) is 1.54. The van der Waals surface area contributed by atoms with Gasteiger partial charge in [-0.25, -0.2) is 9.18 Å². The predicted octanol–water partition coefficient (Wildman–Crippen LogP) is 1.77. The van der Waals surface area contributed by atoms with Gasteiger partial charge in [-0.15, -0.1) is 0 Å². The maximum atomic E-state index is 12.7. The third kappa shape index (κ3) is 2.73. The molecule has 0 amide bonds. The summed E-state index contributed by atoms with van der Waals surface area (Å²) in [5, 5.41) is 0. The standard InChI is InChI=1S/C10H11FO3/c1-7(10(12)13-2)14-9-5-3-4-8(11)6-9/h3-7H,1-2H3/t7-/m0/s1. The summed E-state index contributed by atoms with van der Waals surface area (Å²) in [6, 6.07) is 5.59. The Bertz CT molecular complexity index is 325. The highest BCUT2D eigenvalue weighted by Gasteiger charge is 2.14. The molecule has 0 aromatic heterocycles. The highest BCUT2D eigenvalue weighted by molar-refractivity contribution is 5.74. The van der Waals surface area contributed by atoms with E-state index in [0.29, 0.717) is 5.75 Å². The number of carbonyl (C=O) groups is 1. The van der Waals surface area contributed by atoms with Crippen LogP contribution in [0.3, 0.4) is 0 Å². The van der Waals surface area contributed by atoms with Crippen molar-refractivity contribution in [2.45, 2.75) is 13.0 Å². The molecule has 0 fully saturated rings. The monoisotopic (exact) mass is 198 g/mol. The highest BCUT2D eigenvalue weighted by Crippen LogP contribution is 2.13. The maximum absolute atomic E-state index is 12.7. The van der Waals surface area contributed by atoms with Gasteiger partial charge < -0.3 is 9.47 Å². The molecule has 0 N–H and O–H groups in total. The van der Waals surface area contributed by atoms with Gasteiger partial charge >= 0.3 is 5.97 Å². The minimum Gasteiger partial charge on any atom is -0.479 e. The van der Waals surface area contributed by atoms with E-state index in [-0.39, 0.29) is 0 Å². The zero-order valence-electron chi connectivity index (χ0n) is 7.99. The molecule has 1 aromatic carbocycles. The normalized spacial score (nSPS) is 11.9. The van der Waals surface area contributed by atoms with E-state index in [4.69, 9.17) is 4.74 Å². The van der Waals surface area contributed by atoms with Crippen molar-refractivity contribution in [3.8, 4) is 5.75 Å². The van der Waals surface area contributed by atoms with Crippen LogP contribution in [-0.4, -0.2) is 19.2 Å². The van der Waals surface area contributed by atoms with Gasteiger partial charge in [0.15, 0.2) is 6.10 Å². The summed E-state index contributed by atoms with van der Waals surface area (Å²) in [5.41, 5.74) is 0. The Hall–Kier alpha value is -1.58. The molecule has 0 aliphatic rings. The molecule has 0 aliphatic carbocycles. The Morgan fingerprint density at radius 2 is 2.21 bits per heavy atom. The van der Waals surface area contributed by atoms with Crippen molar-refractivity contribution < 1.29 is 18.7 Å². The largest absolute Gasteiger partial charge is 0.479 e. The SMILES string of the molecule is COC(=O)[C@H](C)Oc1cccc(F)c1. The van der Waals surface area contributed by atoms with Crippen molar-refractivity contribution in [3.63, 3.8) is 0 Å². The van der Waals surface area contributed by atoms with Crippen molar-refractivity contribution in [2.24, 2.45) is 0 Å². The molecule has 1 aromatic rings. The van der Waals surface area contributed by atoms with Crippen molar-refractivity contribution >= 4 is 5.97 Å². The average Bonchev–Trinajstić information content (AvgIpc) is 2.16. The number of ether oxygens (including phenoxy) is 2. The summed E-state index contributed by atoms with van der Waals surface area (Å²) in [6.07, 6.45) is -0.734. The number of rotatable bonds is 3. The number of hydrogen-bond acceptors (Lipinski definition) is 3. The van der Waals surface area contributed by atoms with E-state index in [1.165, 1.54) is 32.2 Å². The molecule has 0 aliphatic heterocycles. The van der Waals surface area contributed by atoms with Gasteiger partial charge in [0.1, 0.15) is 11.6 Å².